The third-order valence-electron chi connectivity index (χ3n) is 3.54. The van der Waals surface area contributed by atoms with E-state index in [4.69, 9.17) is 4.98 Å². The van der Waals surface area contributed by atoms with E-state index in [1.165, 1.54) is 12.8 Å². The van der Waals surface area contributed by atoms with Gasteiger partial charge in [-0.1, -0.05) is 6.92 Å². The Morgan fingerprint density at radius 2 is 2.00 bits per heavy atom. The molecule has 1 heterocycles. The molecule has 1 atom stereocenters. The van der Waals surface area contributed by atoms with E-state index in [1.54, 1.807) is 0 Å². The molecule has 19 heavy (non-hydrogen) atoms. The molecule has 0 aromatic carbocycles. The fourth-order valence-electron chi connectivity index (χ4n) is 2.10. The zero-order chi connectivity index (χ0) is 13.8. The molecule has 4 nitrogen and oxygen atoms in total. The molecule has 0 saturated heterocycles. The average Bonchev–Trinajstić information content (AvgIpc) is 3.24. The first kappa shape index (κ1) is 14.4. The van der Waals surface area contributed by atoms with Gasteiger partial charge in [-0.05, 0) is 32.4 Å². The summed E-state index contributed by atoms with van der Waals surface area (Å²) in [5.74, 6) is 4.64. The Hall–Kier alpha value is -0.970. The predicted molar refractivity (Wildman–Crippen MR) is 84.4 cm³/mol. The summed E-state index contributed by atoms with van der Waals surface area (Å²) in [6.07, 6.45) is 5.71. The Morgan fingerprint density at radius 1 is 1.32 bits per heavy atom. The van der Waals surface area contributed by atoms with Crippen molar-refractivity contribution in [3.8, 4) is 0 Å². The molecule has 0 aliphatic heterocycles. The van der Waals surface area contributed by atoms with Gasteiger partial charge in [0, 0.05) is 30.3 Å². The molecule has 1 aliphatic carbocycles. The Balaban J connectivity index is 2.24. The molecule has 1 aromatic rings. The zero-order valence-electron chi connectivity index (χ0n) is 12.3. The van der Waals surface area contributed by atoms with Crippen molar-refractivity contribution in [3.05, 3.63) is 11.4 Å². The molecule has 2 N–H and O–H groups in total. The Labute approximate surface area is 120 Å². The maximum atomic E-state index is 4.74. The number of rotatable bonds is 7. The van der Waals surface area contributed by atoms with Crippen molar-refractivity contribution >= 4 is 23.4 Å². The minimum Gasteiger partial charge on any atom is -0.373 e. The Morgan fingerprint density at radius 3 is 2.53 bits per heavy atom. The predicted octanol–water partition coefficient (Wildman–Crippen LogP) is 3.26. The number of thioether (sulfide) groups is 1. The first-order valence-corrected chi connectivity index (χ1v) is 8.40. The van der Waals surface area contributed by atoms with E-state index >= 15 is 0 Å². The van der Waals surface area contributed by atoms with Crippen LogP contribution >= 0.6 is 11.8 Å². The van der Waals surface area contributed by atoms with Gasteiger partial charge in [0.15, 0.2) is 0 Å². The topological polar surface area (TPSA) is 49.8 Å². The summed E-state index contributed by atoms with van der Waals surface area (Å²) in [6, 6.07) is 0.473. The number of anilines is 2. The molecular weight excluding hydrogens is 256 g/mol. The zero-order valence-corrected chi connectivity index (χ0v) is 13.1. The second kappa shape index (κ2) is 6.46. The first-order valence-electron chi connectivity index (χ1n) is 7.01. The molecule has 2 rings (SSSR count). The van der Waals surface area contributed by atoms with E-state index in [0.29, 0.717) is 12.0 Å². The Kier molecular flexibility index (Phi) is 4.91. The molecule has 5 heteroatoms. The molecule has 1 fully saturated rings. The van der Waals surface area contributed by atoms with E-state index in [-0.39, 0.29) is 0 Å². The lowest BCUT2D eigenvalue weighted by atomic mass is 10.2. The largest absolute Gasteiger partial charge is 0.373 e. The van der Waals surface area contributed by atoms with Crippen LogP contribution in [-0.2, 0) is 0 Å². The molecule has 1 unspecified atom stereocenters. The lowest BCUT2D eigenvalue weighted by Gasteiger charge is -2.19. The molecule has 1 aromatic heterocycles. The van der Waals surface area contributed by atoms with Crippen LogP contribution < -0.4 is 10.6 Å². The molecular formula is C14H24N4S. The van der Waals surface area contributed by atoms with Gasteiger partial charge in [-0.2, -0.15) is 11.8 Å². The smallest absolute Gasteiger partial charge is 0.136 e. The third-order valence-corrected chi connectivity index (χ3v) is 4.28. The summed E-state index contributed by atoms with van der Waals surface area (Å²) in [4.78, 5) is 9.37. The summed E-state index contributed by atoms with van der Waals surface area (Å²) < 4.78 is 0. The highest BCUT2D eigenvalue weighted by Crippen LogP contribution is 2.39. The average molecular weight is 280 g/mol. The quantitative estimate of drug-likeness (QED) is 0.803. The Bertz CT molecular complexity index is 432. The summed E-state index contributed by atoms with van der Waals surface area (Å²) in [7, 11) is 1.93. The van der Waals surface area contributed by atoms with Crippen molar-refractivity contribution in [2.45, 2.75) is 45.1 Å². The summed E-state index contributed by atoms with van der Waals surface area (Å²) in [5.41, 5.74) is 1.12. The number of aromatic nitrogens is 2. The van der Waals surface area contributed by atoms with Crippen LogP contribution in [0.4, 0.5) is 11.6 Å². The second-order valence-corrected chi connectivity index (χ2v) is 6.04. The maximum Gasteiger partial charge on any atom is 0.136 e. The van der Waals surface area contributed by atoms with Crippen molar-refractivity contribution < 1.29 is 0 Å². The van der Waals surface area contributed by atoms with E-state index in [1.807, 2.05) is 18.8 Å². The van der Waals surface area contributed by atoms with Gasteiger partial charge in [0.1, 0.15) is 17.5 Å². The van der Waals surface area contributed by atoms with Gasteiger partial charge < -0.3 is 10.6 Å². The minimum atomic E-state index is 0.473. The molecule has 0 amide bonds. The minimum absolute atomic E-state index is 0.473. The second-order valence-electron chi connectivity index (χ2n) is 5.13. The van der Waals surface area contributed by atoms with Crippen molar-refractivity contribution in [3.63, 3.8) is 0 Å². The number of nitrogens with zero attached hydrogens (tertiary/aromatic N) is 2. The SMILES string of the molecule is CCC(CSC)Nc1nc(C2CC2)nc(NC)c1C. The van der Waals surface area contributed by atoms with Crippen molar-refractivity contribution in [1.29, 1.82) is 0 Å². The van der Waals surface area contributed by atoms with Crippen LogP contribution in [0.25, 0.3) is 0 Å². The van der Waals surface area contributed by atoms with Gasteiger partial charge in [-0.25, -0.2) is 9.97 Å². The maximum absolute atomic E-state index is 4.74. The van der Waals surface area contributed by atoms with Gasteiger partial charge in [0.2, 0.25) is 0 Å². The van der Waals surface area contributed by atoms with Gasteiger partial charge in [0.25, 0.3) is 0 Å². The van der Waals surface area contributed by atoms with Crippen LogP contribution in [0.1, 0.15) is 43.5 Å². The van der Waals surface area contributed by atoms with E-state index < -0.39 is 0 Å². The highest BCUT2D eigenvalue weighted by Gasteiger charge is 2.28. The monoisotopic (exact) mass is 280 g/mol. The molecule has 1 saturated carbocycles. The van der Waals surface area contributed by atoms with E-state index in [9.17, 15) is 0 Å². The molecule has 1 aliphatic rings. The normalized spacial score (nSPS) is 16.2. The summed E-state index contributed by atoms with van der Waals surface area (Å²) in [6.45, 7) is 4.29. The highest BCUT2D eigenvalue weighted by atomic mass is 32.2. The lowest BCUT2D eigenvalue weighted by molar-refractivity contribution is 0.763. The number of hydrogen-bond acceptors (Lipinski definition) is 5. The molecule has 0 spiro atoms. The molecule has 106 valence electrons. The van der Waals surface area contributed by atoms with Crippen LogP contribution in [0, 0.1) is 6.92 Å². The van der Waals surface area contributed by atoms with Gasteiger partial charge in [-0.15, -0.1) is 0 Å². The van der Waals surface area contributed by atoms with Crippen molar-refractivity contribution in [2.75, 3.05) is 29.7 Å². The van der Waals surface area contributed by atoms with E-state index in [0.717, 1.165) is 35.2 Å². The van der Waals surface area contributed by atoms with E-state index in [2.05, 4.69) is 35.7 Å². The third kappa shape index (κ3) is 3.53. The van der Waals surface area contributed by atoms with Gasteiger partial charge >= 0.3 is 0 Å². The van der Waals surface area contributed by atoms with Crippen molar-refractivity contribution in [2.24, 2.45) is 0 Å². The van der Waals surface area contributed by atoms with Crippen LogP contribution in [0.15, 0.2) is 0 Å². The van der Waals surface area contributed by atoms with Crippen LogP contribution in [0.2, 0.25) is 0 Å². The molecule has 0 bridgehead atoms. The summed E-state index contributed by atoms with van der Waals surface area (Å²) in [5, 5.41) is 6.77. The number of nitrogens with one attached hydrogen (secondary N) is 2. The fourth-order valence-corrected chi connectivity index (χ4v) is 2.82. The summed E-state index contributed by atoms with van der Waals surface area (Å²) >= 11 is 1.87. The van der Waals surface area contributed by atoms with Gasteiger partial charge in [-0.3, -0.25) is 0 Å². The van der Waals surface area contributed by atoms with Crippen LogP contribution in [-0.4, -0.2) is 35.1 Å². The van der Waals surface area contributed by atoms with Gasteiger partial charge in [0.05, 0.1) is 0 Å². The van der Waals surface area contributed by atoms with Crippen LogP contribution in [0.5, 0.6) is 0 Å². The standard InChI is InChI=1S/C14H24N4S/c1-5-11(8-19-4)16-13-9(2)12(15-3)17-14(18-13)10-6-7-10/h10-11H,5-8H2,1-4H3,(H2,15,16,17,18). The van der Waals surface area contributed by atoms with Crippen LogP contribution in [0.3, 0.4) is 0 Å². The first-order chi connectivity index (χ1) is 9.19. The van der Waals surface area contributed by atoms with Crippen molar-refractivity contribution in [1.82, 2.24) is 9.97 Å². The highest BCUT2D eigenvalue weighted by molar-refractivity contribution is 7.98. The fraction of sp³-hybridized carbons (Fsp3) is 0.714. The molecule has 0 radical (unpaired) electrons. The lowest BCUT2D eigenvalue weighted by Crippen LogP contribution is -2.23. The number of hydrogen-bond donors (Lipinski definition) is 2.